The van der Waals surface area contributed by atoms with Crippen molar-refractivity contribution in [1.29, 1.82) is 0 Å². The number of carbonyl (C=O) groups is 1. The summed E-state index contributed by atoms with van der Waals surface area (Å²) in [6.45, 7) is 5.10. The number of hydrogen-bond acceptors (Lipinski definition) is 4. The van der Waals surface area contributed by atoms with Gasteiger partial charge in [-0.25, -0.2) is 5.06 Å². The number of benzene rings is 1. The van der Waals surface area contributed by atoms with E-state index in [4.69, 9.17) is 0 Å². The van der Waals surface area contributed by atoms with Crippen LogP contribution in [0.3, 0.4) is 0 Å². The Morgan fingerprint density at radius 2 is 1.93 bits per heavy atom. The van der Waals surface area contributed by atoms with Crippen LogP contribution in [0.15, 0.2) is 36.7 Å². The minimum Gasteiger partial charge on any atom is -0.373 e. The summed E-state index contributed by atoms with van der Waals surface area (Å²) in [7, 11) is 1.66. The first kappa shape index (κ1) is 11.3. The number of hydrogen-bond donors (Lipinski definition) is 2. The van der Waals surface area contributed by atoms with Gasteiger partial charge in [-0.3, -0.25) is 10.0 Å². The van der Waals surface area contributed by atoms with Gasteiger partial charge in [0.05, 0.1) is 5.69 Å². The van der Waals surface area contributed by atoms with Crippen LogP contribution in [0.25, 0.3) is 0 Å². The summed E-state index contributed by atoms with van der Waals surface area (Å²) < 4.78 is 0. The molecule has 0 fully saturated rings. The Morgan fingerprint density at radius 3 is 2.33 bits per heavy atom. The Kier molecular flexibility index (Phi) is 3.46. The molecule has 0 amide bonds. The highest BCUT2D eigenvalue weighted by molar-refractivity contribution is 5.94. The first-order chi connectivity index (χ1) is 7.06. The van der Waals surface area contributed by atoms with E-state index in [2.05, 4.69) is 11.9 Å². The third kappa shape index (κ3) is 2.57. The topological polar surface area (TPSA) is 52.6 Å². The van der Waals surface area contributed by atoms with Gasteiger partial charge in [0.25, 0.3) is 0 Å². The van der Waals surface area contributed by atoms with Gasteiger partial charge in [-0.05, 0) is 31.2 Å². The molecule has 0 aromatic heterocycles. The normalized spacial score (nSPS) is 9.53. The lowest BCUT2D eigenvalue weighted by Gasteiger charge is -2.18. The summed E-state index contributed by atoms with van der Waals surface area (Å²) >= 11 is 0. The third-order valence-electron chi connectivity index (χ3n) is 2.06. The highest BCUT2D eigenvalue weighted by Gasteiger charge is 2.06. The maximum Gasteiger partial charge on any atom is 0.159 e. The SMILES string of the molecule is C=C(NC)N(O)c1ccc(C(C)=O)cc1. The van der Waals surface area contributed by atoms with E-state index in [1.807, 2.05) is 0 Å². The zero-order valence-electron chi connectivity index (χ0n) is 8.82. The van der Waals surface area contributed by atoms with Gasteiger partial charge < -0.3 is 5.32 Å². The molecule has 0 aliphatic heterocycles. The van der Waals surface area contributed by atoms with Crippen LogP contribution in [-0.4, -0.2) is 18.0 Å². The molecule has 0 radical (unpaired) electrons. The number of nitrogens with one attached hydrogen (secondary N) is 1. The Morgan fingerprint density at radius 1 is 1.40 bits per heavy atom. The minimum absolute atomic E-state index is 0.00140. The van der Waals surface area contributed by atoms with Crippen LogP contribution in [0, 0.1) is 0 Å². The summed E-state index contributed by atoms with van der Waals surface area (Å²) in [6, 6.07) is 6.62. The fraction of sp³-hybridized carbons (Fsp3) is 0.182. The molecule has 0 heterocycles. The molecule has 2 N–H and O–H groups in total. The molecule has 4 nitrogen and oxygen atoms in total. The van der Waals surface area contributed by atoms with Gasteiger partial charge in [-0.2, -0.15) is 0 Å². The van der Waals surface area contributed by atoms with Crippen molar-refractivity contribution in [2.75, 3.05) is 12.1 Å². The van der Waals surface area contributed by atoms with Crippen molar-refractivity contribution in [1.82, 2.24) is 5.32 Å². The summed E-state index contributed by atoms with van der Waals surface area (Å²) in [4.78, 5) is 11.0. The monoisotopic (exact) mass is 206 g/mol. The lowest BCUT2D eigenvalue weighted by atomic mass is 10.1. The average Bonchev–Trinajstić information content (AvgIpc) is 2.27. The van der Waals surface area contributed by atoms with Gasteiger partial charge in [0.2, 0.25) is 0 Å². The molecule has 80 valence electrons. The molecular formula is C11H14N2O2. The Balaban J connectivity index is 2.89. The first-order valence-electron chi connectivity index (χ1n) is 4.53. The van der Waals surface area contributed by atoms with E-state index in [1.165, 1.54) is 6.92 Å². The van der Waals surface area contributed by atoms with Gasteiger partial charge in [-0.1, -0.05) is 6.58 Å². The predicted molar refractivity (Wildman–Crippen MR) is 58.9 cm³/mol. The predicted octanol–water partition coefficient (Wildman–Crippen LogP) is 1.78. The van der Waals surface area contributed by atoms with Gasteiger partial charge in [0.15, 0.2) is 5.78 Å². The largest absolute Gasteiger partial charge is 0.373 e. The fourth-order valence-corrected chi connectivity index (χ4v) is 1.10. The van der Waals surface area contributed by atoms with E-state index < -0.39 is 0 Å². The molecule has 0 aliphatic rings. The Bertz CT molecular complexity index is 371. The summed E-state index contributed by atoms with van der Waals surface area (Å²) in [5.41, 5.74) is 1.17. The lowest BCUT2D eigenvalue weighted by molar-refractivity contribution is 0.101. The van der Waals surface area contributed by atoms with Crippen LogP contribution in [-0.2, 0) is 0 Å². The molecule has 0 saturated heterocycles. The molecule has 0 bridgehead atoms. The van der Waals surface area contributed by atoms with Crippen molar-refractivity contribution in [3.63, 3.8) is 0 Å². The molecule has 15 heavy (non-hydrogen) atoms. The second-order valence-corrected chi connectivity index (χ2v) is 3.11. The summed E-state index contributed by atoms with van der Waals surface area (Å²) in [5.74, 6) is 0.365. The van der Waals surface area contributed by atoms with E-state index >= 15 is 0 Å². The quantitative estimate of drug-likeness (QED) is 0.582. The summed E-state index contributed by atoms with van der Waals surface area (Å²) in [5, 5.41) is 13.2. The second kappa shape index (κ2) is 4.61. The van der Waals surface area contributed by atoms with Gasteiger partial charge in [0, 0.05) is 12.6 Å². The molecule has 0 spiro atoms. The van der Waals surface area contributed by atoms with Crippen LogP contribution in [0.4, 0.5) is 5.69 Å². The zero-order chi connectivity index (χ0) is 11.4. The molecule has 0 aliphatic carbocycles. The first-order valence-corrected chi connectivity index (χ1v) is 4.53. The van der Waals surface area contributed by atoms with Crippen LogP contribution >= 0.6 is 0 Å². The van der Waals surface area contributed by atoms with E-state index in [0.29, 0.717) is 17.1 Å². The van der Waals surface area contributed by atoms with Crippen LogP contribution in [0.5, 0.6) is 0 Å². The molecule has 1 aromatic rings. The van der Waals surface area contributed by atoms with Gasteiger partial charge in [0.1, 0.15) is 5.82 Å². The molecule has 0 saturated carbocycles. The van der Waals surface area contributed by atoms with E-state index in [-0.39, 0.29) is 5.78 Å². The van der Waals surface area contributed by atoms with Gasteiger partial charge >= 0.3 is 0 Å². The molecule has 1 aromatic carbocycles. The van der Waals surface area contributed by atoms with Crippen molar-refractivity contribution in [3.8, 4) is 0 Å². The number of hydroxylamine groups is 1. The minimum atomic E-state index is -0.00140. The zero-order valence-corrected chi connectivity index (χ0v) is 8.82. The average molecular weight is 206 g/mol. The number of nitrogens with zero attached hydrogens (tertiary/aromatic N) is 1. The van der Waals surface area contributed by atoms with Crippen LogP contribution < -0.4 is 10.4 Å². The number of ketones is 1. The Labute approximate surface area is 88.8 Å². The van der Waals surface area contributed by atoms with Crippen molar-refractivity contribution >= 4 is 11.5 Å². The van der Waals surface area contributed by atoms with E-state index in [9.17, 15) is 10.0 Å². The van der Waals surface area contributed by atoms with Crippen LogP contribution in [0.2, 0.25) is 0 Å². The maximum absolute atomic E-state index is 11.0. The molecule has 0 unspecified atom stereocenters. The number of carbonyl (C=O) groups excluding carboxylic acids is 1. The lowest BCUT2D eigenvalue weighted by Crippen LogP contribution is -2.25. The molecular weight excluding hydrogens is 192 g/mol. The summed E-state index contributed by atoms with van der Waals surface area (Å²) in [6.07, 6.45) is 0. The highest BCUT2D eigenvalue weighted by Crippen LogP contribution is 2.15. The third-order valence-corrected chi connectivity index (χ3v) is 2.06. The maximum atomic E-state index is 11.0. The fourth-order valence-electron chi connectivity index (χ4n) is 1.10. The smallest absolute Gasteiger partial charge is 0.159 e. The number of anilines is 1. The van der Waals surface area contributed by atoms with Crippen molar-refractivity contribution in [2.45, 2.75) is 6.92 Å². The van der Waals surface area contributed by atoms with Crippen molar-refractivity contribution in [2.24, 2.45) is 0 Å². The number of rotatable bonds is 4. The highest BCUT2D eigenvalue weighted by atomic mass is 16.5. The van der Waals surface area contributed by atoms with E-state index in [1.54, 1.807) is 31.3 Å². The number of Topliss-reactive ketones (excluding diaryl/α,β-unsaturated/α-hetero) is 1. The van der Waals surface area contributed by atoms with Crippen molar-refractivity contribution < 1.29 is 10.0 Å². The standard InChI is InChI=1S/C11H14N2O2/c1-8(14)10-4-6-11(7-5-10)13(15)9(2)12-3/h4-7,12,15H,2H2,1,3H3. The Hall–Kier alpha value is -1.81. The molecule has 1 rings (SSSR count). The molecule has 0 atom stereocenters. The van der Waals surface area contributed by atoms with Crippen LogP contribution in [0.1, 0.15) is 17.3 Å². The molecule has 4 heteroatoms. The van der Waals surface area contributed by atoms with E-state index in [0.717, 1.165) is 5.06 Å². The van der Waals surface area contributed by atoms with Gasteiger partial charge in [-0.15, -0.1) is 0 Å². The van der Waals surface area contributed by atoms with Crippen molar-refractivity contribution in [3.05, 3.63) is 42.2 Å². The second-order valence-electron chi connectivity index (χ2n) is 3.11.